The number of carbonyl (C=O) groups excluding carboxylic acids is 1. The molecule has 0 radical (unpaired) electrons. The number of hydrogen-bond donors (Lipinski definition) is 0. The number of urea groups is 1. The van der Waals surface area contributed by atoms with Crippen LogP contribution in [0.4, 0.5) is 16.2 Å². The Bertz CT molecular complexity index is 1240. The summed E-state index contributed by atoms with van der Waals surface area (Å²) in [5, 5.41) is 8.98. The summed E-state index contributed by atoms with van der Waals surface area (Å²) in [6.07, 6.45) is 0. The van der Waals surface area contributed by atoms with Crippen LogP contribution in [-0.2, 0) is 16.6 Å². The Balaban J connectivity index is 1.86. The normalized spacial score (nSPS) is 15.0. The van der Waals surface area contributed by atoms with E-state index in [4.69, 9.17) is 5.26 Å². The van der Waals surface area contributed by atoms with Crippen molar-refractivity contribution in [2.75, 3.05) is 9.21 Å². The Labute approximate surface area is 169 Å². The lowest BCUT2D eigenvalue weighted by atomic mass is 10.1. The lowest BCUT2D eigenvalue weighted by Gasteiger charge is -2.36. The molecule has 0 bridgehead atoms. The second kappa shape index (κ2) is 7.08. The van der Waals surface area contributed by atoms with E-state index in [1.807, 2.05) is 0 Å². The molecule has 1 heterocycles. The van der Waals surface area contributed by atoms with Crippen molar-refractivity contribution in [3.8, 4) is 6.07 Å². The maximum Gasteiger partial charge on any atom is 0.343 e. The van der Waals surface area contributed by atoms with Crippen LogP contribution >= 0.6 is 0 Å². The summed E-state index contributed by atoms with van der Waals surface area (Å²) in [7, 11) is -4.04. The molecule has 3 aromatic carbocycles. The summed E-state index contributed by atoms with van der Waals surface area (Å²) in [6.45, 7) is 1.95. The highest BCUT2D eigenvalue weighted by Crippen LogP contribution is 2.38. The third kappa shape index (κ3) is 3.13. The number of fused-ring (bicyclic) bond motifs is 1. The maximum atomic E-state index is 13.4. The van der Waals surface area contributed by atoms with Crippen molar-refractivity contribution in [2.45, 2.75) is 18.4 Å². The van der Waals surface area contributed by atoms with Crippen molar-refractivity contribution in [3.63, 3.8) is 0 Å². The average molecular weight is 403 g/mol. The molecule has 0 aromatic heterocycles. The van der Waals surface area contributed by atoms with Crippen LogP contribution in [-0.4, -0.2) is 14.4 Å². The van der Waals surface area contributed by atoms with Gasteiger partial charge in [-0.2, -0.15) is 9.57 Å². The lowest BCUT2D eigenvalue weighted by Crippen LogP contribution is -2.51. The highest BCUT2D eigenvalue weighted by molar-refractivity contribution is 7.94. The molecular formula is C22H17N3O3S. The standard InChI is InChI=1S/C22H17N3O3S/c1-16-6-2-3-7-19(16)25-22(26)24(15-18-12-10-17(14-23)11-13-18)20-8-4-5-9-21(20)29(25,27)28/h2-13H,15H2,1H3. The zero-order valence-corrected chi connectivity index (χ0v) is 16.4. The van der Waals surface area contributed by atoms with Gasteiger partial charge in [-0.3, -0.25) is 4.90 Å². The van der Waals surface area contributed by atoms with Gasteiger partial charge in [0.1, 0.15) is 4.90 Å². The van der Waals surface area contributed by atoms with E-state index in [1.165, 1.54) is 11.0 Å². The quantitative estimate of drug-likeness (QED) is 0.656. The molecule has 144 valence electrons. The first-order valence-corrected chi connectivity index (χ1v) is 10.4. The summed E-state index contributed by atoms with van der Waals surface area (Å²) in [5.74, 6) is 0. The first-order valence-electron chi connectivity index (χ1n) is 8.94. The molecule has 7 heteroatoms. The fourth-order valence-electron chi connectivity index (χ4n) is 3.36. The molecule has 3 aromatic rings. The van der Waals surface area contributed by atoms with Crippen molar-refractivity contribution in [1.29, 1.82) is 5.26 Å². The van der Waals surface area contributed by atoms with E-state index >= 15 is 0 Å². The van der Waals surface area contributed by atoms with Gasteiger partial charge in [-0.15, -0.1) is 0 Å². The molecule has 0 atom stereocenters. The smallest absolute Gasteiger partial charge is 0.287 e. The van der Waals surface area contributed by atoms with Crippen molar-refractivity contribution < 1.29 is 13.2 Å². The van der Waals surface area contributed by atoms with E-state index in [1.54, 1.807) is 73.7 Å². The average Bonchev–Trinajstić information content (AvgIpc) is 2.73. The summed E-state index contributed by atoms with van der Waals surface area (Å²) >= 11 is 0. The number of para-hydroxylation sites is 2. The Kier molecular flexibility index (Phi) is 4.57. The molecule has 0 fully saturated rings. The van der Waals surface area contributed by atoms with Gasteiger partial charge < -0.3 is 0 Å². The van der Waals surface area contributed by atoms with Crippen LogP contribution in [0, 0.1) is 18.3 Å². The van der Waals surface area contributed by atoms with Crippen molar-refractivity contribution in [1.82, 2.24) is 0 Å². The molecule has 0 unspecified atom stereocenters. The van der Waals surface area contributed by atoms with Gasteiger partial charge in [-0.05, 0) is 48.4 Å². The molecule has 1 aliphatic rings. The molecule has 0 spiro atoms. The van der Waals surface area contributed by atoms with Crippen LogP contribution in [0.25, 0.3) is 0 Å². The van der Waals surface area contributed by atoms with Gasteiger partial charge in [-0.1, -0.05) is 42.5 Å². The van der Waals surface area contributed by atoms with Crippen LogP contribution in [0.2, 0.25) is 0 Å². The SMILES string of the molecule is Cc1ccccc1N1C(=O)N(Cc2ccc(C#N)cc2)c2ccccc2S1(=O)=O. The molecule has 6 nitrogen and oxygen atoms in total. The highest BCUT2D eigenvalue weighted by Gasteiger charge is 2.42. The van der Waals surface area contributed by atoms with Gasteiger partial charge in [-0.25, -0.2) is 13.2 Å². The molecule has 0 saturated heterocycles. The van der Waals surface area contributed by atoms with Crippen LogP contribution < -0.4 is 9.21 Å². The molecule has 0 aliphatic carbocycles. The number of benzene rings is 3. The zero-order valence-electron chi connectivity index (χ0n) is 15.6. The van der Waals surface area contributed by atoms with Gasteiger partial charge in [0.2, 0.25) is 0 Å². The van der Waals surface area contributed by atoms with Crippen molar-refractivity contribution in [2.24, 2.45) is 0 Å². The Morgan fingerprint density at radius 1 is 0.897 bits per heavy atom. The molecule has 4 rings (SSSR count). The van der Waals surface area contributed by atoms with Crippen LogP contribution in [0.3, 0.4) is 0 Å². The predicted molar refractivity (Wildman–Crippen MR) is 110 cm³/mol. The number of carbonyl (C=O) groups is 1. The van der Waals surface area contributed by atoms with E-state index < -0.39 is 16.1 Å². The minimum absolute atomic E-state index is 0.0801. The largest absolute Gasteiger partial charge is 0.343 e. The van der Waals surface area contributed by atoms with Gasteiger partial charge in [0.25, 0.3) is 10.0 Å². The first kappa shape index (κ1) is 18.7. The lowest BCUT2D eigenvalue weighted by molar-refractivity contribution is 0.253. The third-order valence-electron chi connectivity index (χ3n) is 4.84. The second-order valence-corrected chi connectivity index (χ2v) is 8.46. The van der Waals surface area contributed by atoms with Gasteiger partial charge >= 0.3 is 6.03 Å². The zero-order chi connectivity index (χ0) is 20.6. The molecule has 0 N–H and O–H groups in total. The monoisotopic (exact) mass is 403 g/mol. The summed E-state index contributed by atoms with van der Waals surface area (Å²) in [5.41, 5.74) is 2.66. The summed E-state index contributed by atoms with van der Waals surface area (Å²) < 4.78 is 27.5. The minimum Gasteiger partial charge on any atom is -0.287 e. The molecule has 29 heavy (non-hydrogen) atoms. The molecular weight excluding hydrogens is 386 g/mol. The first-order chi connectivity index (χ1) is 13.9. The van der Waals surface area contributed by atoms with Gasteiger partial charge in [0.15, 0.2) is 0 Å². The highest BCUT2D eigenvalue weighted by atomic mass is 32.2. The Morgan fingerprint density at radius 2 is 1.52 bits per heavy atom. The number of anilines is 2. The fourth-order valence-corrected chi connectivity index (χ4v) is 5.01. The van der Waals surface area contributed by atoms with Crippen LogP contribution in [0.5, 0.6) is 0 Å². The maximum absolute atomic E-state index is 13.4. The van der Waals surface area contributed by atoms with Gasteiger partial charge in [0, 0.05) is 0 Å². The summed E-state index contributed by atoms with van der Waals surface area (Å²) in [6, 6.07) is 21.7. The fraction of sp³-hybridized carbons (Fsp3) is 0.0909. The topological polar surface area (TPSA) is 81.5 Å². The van der Waals surface area contributed by atoms with Gasteiger partial charge in [0.05, 0.1) is 29.6 Å². The number of amides is 2. The number of hydrogen-bond acceptors (Lipinski definition) is 4. The van der Waals surface area contributed by atoms with Crippen molar-refractivity contribution in [3.05, 3.63) is 89.5 Å². The number of aryl methyl sites for hydroxylation is 1. The summed E-state index contributed by atoms with van der Waals surface area (Å²) in [4.78, 5) is 14.9. The van der Waals surface area contributed by atoms with E-state index in [0.29, 0.717) is 22.5 Å². The van der Waals surface area contributed by atoms with E-state index in [-0.39, 0.29) is 11.4 Å². The third-order valence-corrected chi connectivity index (χ3v) is 6.57. The number of rotatable bonds is 3. The number of nitriles is 1. The van der Waals surface area contributed by atoms with Crippen LogP contribution in [0.15, 0.2) is 77.7 Å². The van der Waals surface area contributed by atoms with E-state index in [0.717, 1.165) is 9.87 Å². The molecule has 2 amide bonds. The second-order valence-electron chi connectivity index (χ2n) is 6.70. The van der Waals surface area contributed by atoms with Crippen LogP contribution in [0.1, 0.15) is 16.7 Å². The van der Waals surface area contributed by atoms with Crippen molar-refractivity contribution >= 4 is 27.4 Å². The molecule has 1 aliphatic heterocycles. The predicted octanol–water partition coefficient (Wildman–Crippen LogP) is 4.20. The number of nitrogens with zero attached hydrogens (tertiary/aromatic N) is 3. The number of sulfonamides is 1. The van der Waals surface area contributed by atoms with E-state index in [9.17, 15) is 13.2 Å². The molecule has 0 saturated carbocycles. The Hall–Kier alpha value is -3.63. The Morgan fingerprint density at radius 3 is 2.17 bits per heavy atom. The minimum atomic E-state index is -4.04. The van der Waals surface area contributed by atoms with E-state index in [2.05, 4.69) is 6.07 Å².